The third kappa shape index (κ3) is 5.45. The molecule has 1 saturated heterocycles. The standard InChI is InChI=1S/C15H20BrClN2O3S/c16-12-6-7-14(13(17)11-12)23(21,22)18-8-4-10-19-9-3-1-2-5-15(19)20/h6-7,11,18H,1-5,8-10H2. The van der Waals surface area contributed by atoms with Gasteiger partial charge in [0.2, 0.25) is 15.9 Å². The zero-order valence-corrected chi connectivity index (χ0v) is 15.9. The highest BCUT2D eigenvalue weighted by atomic mass is 79.9. The van der Waals surface area contributed by atoms with Crippen LogP contribution in [0.25, 0.3) is 0 Å². The topological polar surface area (TPSA) is 66.5 Å². The molecule has 1 heterocycles. The molecule has 0 radical (unpaired) electrons. The summed E-state index contributed by atoms with van der Waals surface area (Å²) in [6.07, 6.45) is 4.23. The van der Waals surface area contributed by atoms with Crippen LogP contribution in [0, 0.1) is 0 Å². The van der Waals surface area contributed by atoms with Crippen LogP contribution >= 0.6 is 27.5 Å². The van der Waals surface area contributed by atoms with E-state index in [0.717, 1.165) is 30.3 Å². The number of carbonyl (C=O) groups is 1. The van der Waals surface area contributed by atoms with Crippen molar-refractivity contribution in [2.45, 2.75) is 37.0 Å². The van der Waals surface area contributed by atoms with Crippen molar-refractivity contribution in [3.63, 3.8) is 0 Å². The van der Waals surface area contributed by atoms with Crippen LogP contribution in [0.4, 0.5) is 0 Å². The van der Waals surface area contributed by atoms with E-state index in [1.165, 1.54) is 6.07 Å². The van der Waals surface area contributed by atoms with Crippen LogP contribution in [-0.2, 0) is 14.8 Å². The number of sulfonamides is 1. The van der Waals surface area contributed by atoms with Gasteiger partial charge in [-0.1, -0.05) is 34.0 Å². The van der Waals surface area contributed by atoms with Crippen LogP contribution in [-0.4, -0.2) is 38.9 Å². The van der Waals surface area contributed by atoms with Crippen LogP contribution in [0.2, 0.25) is 5.02 Å². The monoisotopic (exact) mass is 422 g/mol. The van der Waals surface area contributed by atoms with Gasteiger partial charge in [-0.05, 0) is 37.5 Å². The molecule has 0 spiro atoms. The molecule has 0 aliphatic carbocycles. The van der Waals surface area contributed by atoms with Gasteiger partial charge in [-0.25, -0.2) is 13.1 Å². The lowest BCUT2D eigenvalue weighted by atomic mass is 10.2. The summed E-state index contributed by atoms with van der Waals surface area (Å²) in [5.41, 5.74) is 0. The normalized spacial score (nSPS) is 16.4. The van der Waals surface area contributed by atoms with Crippen molar-refractivity contribution in [1.82, 2.24) is 9.62 Å². The van der Waals surface area contributed by atoms with Crippen molar-refractivity contribution in [2.75, 3.05) is 19.6 Å². The molecular formula is C15H20BrClN2O3S. The minimum absolute atomic E-state index is 0.0632. The number of nitrogens with zero attached hydrogens (tertiary/aromatic N) is 1. The number of benzene rings is 1. The second kappa shape index (κ2) is 8.46. The molecule has 0 saturated carbocycles. The molecule has 1 fully saturated rings. The van der Waals surface area contributed by atoms with Crippen molar-refractivity contribution in [2.24, 2.45) is 0 Å². The summed E-state index contributed by atoms with van der Waals surface area (Å²) in [6.45, 7) is 1.62. The lowest BCUT2D eigenvalue weighted by Gasteiger charge is -2.20. The molecule has 1 aromatic carbocycles. The van der Waals surface area contributed by atoms with E-state index < -0.39 is 10.0 Å². The van der Waals surface area contributed by atoms with Crippen LogP contribution in [0.3, 0.4) is 0 Å². The smallest absolute Gasteiger partial charge is 0.242 e. The Labute approximate surface area is 150 Å². The second-order valence-corrected chi connectivity index (χ2v) is 8.58. The quantitative estimate of drug-likeness (QED) is 0.715. The molecule has 1 aliphatic rings. The maximum atomic E-state index is 12.2. The van der Waals surface area contributed by atoms with Crippen molar-refractivity contribution in [1.29, 1.82) is 0 Å². The van der Waals surface area contributed by atoms with Crippen LogP contribution in [0.1, 0.15) is 32.1 Å². The average Bonchev–Trinajstić information content (AvgIpc) is 2.68. The van der Waals surface area contributed by atoms with E-state index in [4.69, 9.17) is 11.6 Å². The van der Waals surface area contributed by atoms with Gasteiger partial charge in [-0.3, -0.25) is 4.79 Å². The largest absolute Gasteiger partial charge is 0.343 e. The number of halogens is 2. The average molecular weight is 424 g/mol. The Morgan fingerprint density at radius 1 is 1.26 bits per heavy atom. The molecular weight excluding hydrogens is 404 g/mol. The first-order valence-electron chi connectivity index (χ1n) is 7.62. The first kappa shape index (κ1) is 18.7. The Bertz CT molecular complexity index is 667. The maximum Gasteiger partial charge on any atom is 0.242 e. The minimum atomic E-state index is -3.64. The number of nitrogens with one attached hydrogen (secondary N) is 1. The predicted octanol–water partition coefficient (Wildman–Crippen LogP) is 3.17. The fraction of sp³-hybridized carbons (Fsp3) is 0.533. The lowest BCUT2D eigenvalue weighted by molar-refractivity contribution is -0.130. The van der Waals surface area contributed by atoms with Crippen molar-refractivity contribution >= 4 is 43.5 Å². The van der Waals surface area contributed by atoms with Gasteiger partial charge in [0.25, 0.3) is 0 Å². The SMILES string of the molecule is O=C1CCCCCN1CCCNS(=O)(=O)c1ccc(Br)cc1Cl. The highest BCUT2D eigenvalue weighted by Gasteiger charge is 2.19. The summed E-state index contributed by atoms with van der Waals surface area (Å²) >= 11 is 9.23. The Kier molecular flexibility index (Phi) is 6.88. The molecule has 5 nitrogen and oxygen atoms in total. The third-order valence-electron chi connectivity index (χ3n) is 3.75. The number of rotatable bonds is 6. The van der Waals surface area contributed by atoms with Crippen molar-refractivity contribution < 1.29 is 13.2 Å². The first-order chi connectivity index (χ1) is 10.9. The molecule has 1 N–H and O–H groups in total. The lowest BCUT2D eigenvalue weighted by Crippen LogP contribution is -2.34. The van der Waals surface area contributed by atoms with Crippen LogP contribution in [0.15, 0.2) is 27.6 Å². The van der Waals surface area contributed by atoms with E-state index in [2.05, 4.69) is 20.7 Å². The van der Waals surface area contributed by atoms with Gasteiger partial charge in [0.05, 0.1) is 5.02 Å². The van der Waals surface area contributed by atoms with Gasteiger partial charge in [0.1, 0.15) is 4.90 Å². The van der Waals surface area contributed by atoms with Crippen molar-refractivity contribution in [3.05, 3.63) is 27.7 Å². The molecule has 1 amide bonds. The van der Waals surface area contributed by atoms with Gasteiger partial charge < -0.3 is 4.90 Å². The summed E-state index contributed by atoms with van der Waals surface area (Å²) in [7, 11) is -3.64. The number of hydrogen-bond donors (Lipinski definition) is 1. The van der Waals surface area contributed by atoms with E-state index in [1.807, 2.05) is 4.90 Å². The zero-order valence-electron chi connectivity index (χ0n) is 12.7. The molecule has 0 unspecified atom stereocenters. The molecule has 0 aromatic heterocycles. The number of likely N-dealkylation sites (tertiary alicyclic amines) is 1. The van der Waals surface area contributed by atoms with Crippen LogP contribution in [0.5, 0.6) is 0 Å². The highest BCUT2D eigenvalue weighted by molar-refractivity contribution is 9.10. The summed E-state index contributed by atoms with van der Waals surface area (Å²) in [6, 6.07) is 4.65. The van der Waals surface area contributed by atoms with E-state index in [0.29, 0.717) is 19.4 Å². The molecule has 1 aromatic rings. The number of amides is 1. The Morgan fingerprint density at radius 3 is 2.78 bits per heavy atom. The molecule has 23 heavy (non-hydrogen) atoms. The summed E-state index contributed by atoms with van der Waals surface area (Å²) in [5, 5.41) is 0.176. The Balaban J connectivity index is 1.86. The van der Waals surface area contributed by atoms with E-state index in [9.17, 15) is 13.2 Å². The predicted molar refractivity (Wildman–Crippen MR) is 94.0 cm³/mol. The summed E-state index contributed by atoms with van der Waals surface area (Å²) in [5.74, 6) is 0.168. The highest BCUT2D eigenvalue weighted by Crippen LogP contribution is 2.25. The minimum Gasteiger partial charge on any atom is -0.343 e. The third-order valence-corrected chi connectivity index (χ3v) is 6.19. The molecule has 0 bridgehead atoms. The summed E-state index contributed by atoms with van der Waals surface area (Å²) in [4.78, 5) is 13.8. The Morgan fingerprint density at radius 2 is 2.04 bits per heavy atom. The number of hydrogen-bond acceptors (Lipinski definition) is 3. The molecule has 1 aliphatic heterocycles. The molecule has 128 valence electrons. The Hall–Kier alpha value is -0.630. The van der Waals surface area contributed by atoms with Gasteiger partial charge in [0.15, 0.2) is 0 Å². The first-order valence-corrected chi connectivity index (χ1v) is 10.3. The second-order valence-electron chi connectivity index (χ2n) is 5.52. The fourth-order valence-electron chi connectivity index (χ4n) is 2.52. The van der Waals surface area contributed by atoms with Gasteiger partial charge in [-0.15, -0.1) is 0 Å². The zero-order chi connectivity index (χ0) is 16.9. The van der Waals surface area contributed by atoms with Gasteiger partial charge >= 0.3 is 0 Å². The van der Waals surface area contributed by atoms with E-state index in [-0.39, 0.29) is 22.4 Å². The maximum absolute atomic E-state index is 12.2. The molecule has 0 atom stereocenters. The molecule has 8 heteroatoms. The summed E-state index contributed by atoms with van der Waals surface area (Å²) < 4.78 is 27.8. The molecule has 2 rings (SSSR count). The van der Waals surface area contributed by atoms with Crippen LogP contribution < -0.4 is 4.72 Å². The fourth-order valence-corrected chi connectivity index (χ4v) is 4.63. The number of carbonyl (C=O) groups excluding carboxylic acids is 1. The van der Waals surface area contributed by atoms with Gasteiger partial charge in [0, 0.05) is 30.5 Å². The van der Waals surface area contributed by atoms with E-state index >= 15 is 0 Å². The van der Waals surface area contributed by atoms with E-state index in [1.54, 1.807) is 12.1 Å². The van der Waals surface area contributed by atoms with Gasteiger partial charge in [-0.2, -0.15) is 0 Å². The van der Waals surface area contributed by atoms with Crippen molar-refractivity contribution in [3.8, 4) is 0 Å².